The highest BCUT2D eigenvalue weighted by Crippen LogP contribution is 2.45. The van der Waals surface area contributed by atoms with Crippen molar-refractivity contribution in [3.8, 4) is 0 Å². The molecule has 2 heteroatoms. The van der Waals surface area contributed by atoms with E-state index in [2.05, 4.69) is 13.8 Å². The van der Waals surface area contributed by atoms with Crippen LogP contribution in [0.15, 0.2) is 0 Å². The largest absolute Gasteiger partial charge is 0.368 e. The molecule has 0 bridgehead atoms. The number of hydrogen-bond donors (Lipinski definition) is 1. The quantitative estimate of drug-likeness (QED) is 0.598. The molecule has 2 nitrogen and oxygen atoms in total. The minimum Gasteiger partial charge on any atom is -0.368 e. The summed E-state index contributed by atoms with van der Waals surface area (Å²) in [6.45, 7) is 5.21. The third-order valence-electron chi connectivity index (χ3n) is 3.70. The van der Waals surface area contributed by atoms with E-state index in [1.165, 1.54) is 12.8 Å². The molecular formula is C10H18O2. The van der Waals surface area contributed by atoms with Crippen molar-refractivity contribution in [3.05, 3.63) is 0 Å². The van der Waals surface area contributed by atoms with Gasteiger partial charge in [-0.3, -0.25) is 0 Å². The van der Waals surface area contributed by atoms with E-state index in [0.29, 0.717) is 23.7 Å². The average molecular weight is 170 g/mol. The Morgan fingerprint density at radius 3 is 2.58 bits per heavy atom. The third kappa shape index (κ3) is 1.17. The molecular weight excluding hydrogens is 152 g/mol. The maximum absolute atomic E-state index is 9.65. The zero-order chi connectivity index (χ0) is 8.72. The molecule has 1 saturated heterocycles. The van der Waals surface area contributed by atoms with Crippen LogP contribution < -0.4 is 0 Å². The van der Waals surface area contributed by atoms with Crippen molar-refractivity contribution in [1.82, 2.24) is 0 Å². The molecule has 5 atom stereocenters. The summed E-state index contributed by atoms with van der Waals surface area (Å²) >= 11 is 0. The van der Waals surface area contributed by atoms with Gasteiger partial charge in [-0.2, -0.15) is 0 Å². The molecule has 0 amide bonds. The molecule has 0 aromatic rings. The van der Waals surface area contributed by atoms with Gasteiger partial charge in [0.15, 0.2) is 6.29 Å². The van der Waals surface area contributed by atoms with Crippen LogP contribution in [0.4, 0.5) is 0 Å². The Morgan fingerprint density at radius 1 is 1.17 bits per heavy atom. The highest BCUT2D eigenvalue weighted by molar-refractivity contribution is 4.89. The minimum absolute atomic E-state index is 0.411. The summed E-state index contributed by atoms with van der Waals surface area (Å²) in [6, 6.07) is 0. The molecule has 2 fully saturated rings. The number of aliphatic hydroxyl groups is 1. The second kappa shape index (κ2) is 3.00. The summed E-state index contributed by atoms with van der Waals surface area (Å²) in [4.78, 5) is 0. The first-order chi connectivity index (χ1) is 5.70. The molecule has 1 N–H and O–H groups in total. The Balaban J connectivity index is 2.13. The summed E-state index contributed by atoms with van der Waals surface area (Å²) in [6.07, 6.45) is 2.07. The zero-order valence-electron chi connectivity index (χ0n) is 7.86. The van der Waals surface area contributed by atoms with Crippen LogP contribution in [-0.4, -0.2) is 18.0 Å². The number of hydrogen-bond acceptors (Lipinski definition) is 2. The van der Waals surface area contributed by atoms with Gasteiger partial charge < -0.3 is 9.84 Å². The van der Waals surface area contributed by atoms with E-state index in [0.717, 1.165) is 6.61 Å². The highest BCUT2D eigenvalue weighted by Gasteiger charge is 2.44. The van der Waals surface area contributed by atoms with Crippen LogP contribution in [0.1, 0.15) is 26.7 Å². The lowest BCUT2D eigenvalue weighted by molar-refractivity contribution is -0.195. The number of aliphatic hydroxyl groups excluding tert-OH is 1. The average Bonchev–Trinajstić information content (AvgIpc) is 2.42. The summed E-state index contributed by atoms with van der Waals surface area (Å²) in [7, 11) is 0. The summed E-state index contributed by atoms with van der Waals surface area (Å²) in [5, 5.41) is 9.65. The molecule has 0 spiro atoms. The number of fused-ring (bicyclic) bond motifs is 1. The predicted octanol–water partition coefficient (Wildman–Crippen LogP) is 1.63. The normalized spacial score (nSPS) is 53.8. The first-order valence-electron chi connectivity index (χ1n) is 5.00. The van der Waals surface area contributed by atoms with Crippen molar-refractivity contribution in [3.63, 3.8) is 0 Å². The van der Waals surface area contributed by atoms with Gasteiger partial charge in [0.2, 0.25) is 0 Å². The van der Waals surface area contributed by atoms with Crippen molar-refractivity contribution >= 4 is 0 Å². The Labute approximate surface area is 73.9 Å². The Hall–Kier alpha value is -0.0800. The Morgan fingerprint density at radius 2 is 1.92 bits per heavy atom. The second-order valence-corrected chi connectivity index (χ2v) is 4.50. The van der Waals surface area contributed by atoms with Gasteiger partial charge in [-0.15, -0.1) is 0 Å². The maximum atomic E-state index is 9.65. The van der Waals surface area contributed by atoms with Crippen LogP contribution in [0, 0.1) is 23.7 Å². The van der Waals surface area contributed by atoms with Crippen molar-refractivity contribution in [2.75, 3.05) is 6.61 Å². The van der Waals surface area contributed by atoms with Gasteiger partial charge in [0.1, 0.15) is 0 Å². The zero-order valence-corrected chi connectivity index (χ0v) is 7.86. The van der Waals surface area contributed by atoms with E-state index in [9.17, 15) is 5.11 Å². The van der Waals surface area contributed by atoms with Crippen LogP contribution in [-0.2, 0) is 4.74 Å². The van der Waals surface area contributed by atoms with E-state index in [-0.39, 0.29) is 0 Å². The molecule has 0 aromatic heterocycles. The summed E-state index contributed by atoms with van der Waals surface area (Å²) in [5.41, 5.74) is 0. The fourth-order valence-corrected chi connectivity index (χ4v) is 2.90. The van der Waals surface area contributed by atoms with Crippen molar-refractivity contribution < 1.29 is 9.84 Å². The maximum Gasteiger partial charge on any atom is 0.157 e. The highest BCUT2D eigenvalue weighted by atomic mass is 16.6. The van der Waals surface area contributed by atoms with Crippen LogP contribution >= 0.6 is 0 Å². The van der Waals surface area contributed by atoms with Gasteiger partial charge >= 0.3 is 0 Å². The number of ether oxygens (including phenoxy) is 1. The smallest absolute Gasteiger partial charge is 0.157 e. The first-order valence-corrected chi connectivity index (χ1v) is 5.00. The lowest BCUT2D eigenvalue weighted by Crippen LogP contribution is -2.40. The van der Waals surface area contributed by atoms with Crippen molar-refractivity contribution in [2.45, 2.75) is 33.0 Å². The number of rotatable bonds is 0. The van der Waals surface area contributed by atoms with E-state index in [1.807, 2.05) is 0 Å². The fourth-order valence-electron chi connectivity index (χ4n) is 2.90. The Bertz CT molecular complexity index is 169. The van der Waals surface area contributed by atoms with Gasteiger partial charge in [-0.05, 0) is 30.6 Å². The van der Waals surface area contributed by atoms with Gasteiger partial charge in [0.25, 0.3) is 0 Å². The predicted molar refractivity (Wildman–Crippen MR) is 46.5 cm³/mol. The lowest BCUT2D eigenvalue weighted by atomic mass is 9.80. The molecule has 0 radical (unpaired) electrons. The van der Waals surface area contributed by atoms with Crippen LogP contribution in [0.5, 0.6) is 0 Å². The topological polar surface area (TPSA) is 29.5 Å². The van der Waals surface area contributed by atoms with Crippen LogP contribution in [0.25, 0.3) is 0 Å². The van der Waals surface area contributed by atoms with Crippen molar-refractivity contribution in [1.29, 1.82) is 0 Å². The molecule has 0 aromatic carbocycles. The van der Waals surface area contributed by atoms with E-state index >= 15 is 0 Å². The first kappa shape index (κ1) is 8.52. The van der Waals surface area contributed by atoms with Crippen LogP contribution in [0.3, 0.4) is 0 Å². The summed E-state index contributed by atoms with van der Waals surface area (Å²) < 4.78 is 5.33. The van der Waals surface area contributed by atoms with Gasteiger partial charge in [-0.1, -0.05) is 13.8 Å². The molecule has 1 saturated carbocycles. The molecule has 12 heavy (non-hydrogen) atoms. The van der Waals surface area contributed by atoms with Crippen molar-refractivity contribution in [2.24, 2.45) is 23.7 Å². The monoisotopic (exact) mass is 170 g/mol. The van der Waals surface area contributed by atoms with Gasteiger partial charge in [-0.25, -0.2) is 0 Å². The minimum atomic E-state index is -0.483. The second-order valence-electron chi connectivity index (χ2n) is 4.50. The van der Waals surface area contributed by atoms with E-state index in [4.69, 9.17) is 4.74 Å². The summed E-state index contributed by atoms with van der Waals surface area (Å²) in [5.74, 6) is 2.41. The van der Waals surface area contributed by atoms with Crippen LogP contribution in [0.2, 0.25) is 0 Å². The van der Waals surface area contributed by atoms with Gasteiger partial charge in [0.05, 0.1) is 6.61 Å². The molecule has 2 aliphatic rings. The molecule has 1 heterocycles. The SMILES string of the molecule is CC1CO[C@@H](O)[C@@H]2[C@@H](C)CC[C@@H]12. The van der Waals surface area contributed by atoms with E-state index in [1.54, 1.807) is 0 Å². The molecule has 70 valence electrons. The molecule has 1 aliphatic heterocycles. The standard InChI is InChI=1S/C10H18O2/c1-6-3-4-8-7(2)5-12-10(11)9(6)8/h6-11H,3-5H2,1-2H3/t6-,7?,8-,9+,10+/m0/s1. The van der Waals surface area contributed by atoms with E-state index < -0.39 is 6.29 Å². The molecule has 2 rings (SSSR count). The molecule has 1 unspecified atom stereocenters. The fraction of sp³-hybridized carbons (Fsp3) is 1.00. The lowest BCUT2D eigenvalue weighted by Gasteiger charge is -2.37. The molecule has 1 aliphatic carbocycles. The third-order valence-corrected chi connectivity index (χ3v) is 3.70. The van der Waals surface area contributed by atoms with Gasteiger partial charge in [0, 0.05) is 5.92 Å². The Kier molecular flexibility index (Phi) is 2.13.